The van der Waals surface area contributed by atoms with Gasteiger partial charge in [0, 0.05) is 42.1 Å². The van der Waals surface area contributed by atoms with E-state index in [9.17, 15) is 8.78 Å². The first-order chi connectivity index (χ1) is 12.6. The molecular formula is C21H19ClF2N2. The molecule has 0 saturated heterocycles. The number of rotatable bonds is 3. The molecule has 134 valence electrons. The van der Waals surface area contributed by atoms with Crippen LogP contribution in [0.5, 0.6) is 0 Å². The molecule has 0 spiro atoms. The standard InChI is InChI=1S/C21H19ClF2N2/c22-16-7-2-1-6-15(16)14-26-13-5-12-25-11-4-10-19(25)21(26)20-17(23)8-3-9-18(20)24/h1-4,6-11,21H,5,12-14H2. The lowest BCUT2D eigenvalue weighted by atomic mass is 9.99. The first-order valence-corrected chi connectivity index (χ1v) is 9.09. The highest BCUT2D eigenvalue weighted by molar-refractivity contribution is 6.31. The predicted molar refractivity (Wildman–Crippen MR) is 99.1 cm³/mol. The van der Waals surface area contributed by atoms with Crippen molar-refractivity contribution in [2.45, 2.75) is 25.6 Å². The average molecular weight is 373 g/mol. The summed E-state index contributed by atoms with van der Waals surface area (Å²) in [6, 6.07) is 15.0. The molecule has 1 aliphatic heterocycles. The summed E-state index contributed by atoms with van der Waals surface area (Å²) in [5.74, 6) is -1.04. The van der Waals surface area contributed by atoms with Gasteiger partial charge in [0.25, 0.3) is 0 Å². The van der Waals surface area contributed by atoms with Crippen LogP contribution in [0.4, 0.5) is 8.78 Å². The second kappa shape index (κ2) is 7.22. The van der Waals surface area contributed by atoms with Crippen molar-refractivity contribution in [3.63, 3.8) is 0 Å². The van der Waals surface area contributed by atoms with Crippen molar-refractivity contribution < 1.29 is 8.78 Å². The molecule has 2 heterocycles. The zero-order valence-corrected chi connectivity index (χ0v) is 15.0. The second-order valence-electron chi connectivity index (χ2n) is 6.58. The van der Waals surface area contributed by atoms with E-state index >= 15 is 0 Å². The third-order valence-corrected chi connectivity index (χ3v) is 5.33. The fraction of sp³-hybridized carbons (Fsp3) is 0.238. The fourth-order valence-corrected chi connectivity index (χ4v) is 3.95. The number of halogens is 3. The Morgan fingerprint density at radius 1 is 0.923 bits per heavy atom. The Morgan fingerprint density at radius 3 is 2.46 bits per heavy atom. The lowest BCUT2D eigenvalue weighted by molar-refractivity contribution is 0.212. The summed E-state index contributed by atoms with van der Waals surface area (Å²) in [4.78, 5) is 2.11. The second-order valence-corrected chi connectivity index (χ2v) is 6.99. The Labute approximate surface area is 156 Å². The molecule has 0 amide bonds. The van der Waals surface area contributed by atoms with Crippen LogP contribution in [0.25, 0.3) is 0 Å². The van der Waals surface area contributed by atoms with E-state index in [0.29, 0.717) is 11.6 Å². The van der Waals surface area contributed by atoms with Gasteiger partial charge in [0.2, 0.25) is 0 Å². The summed E-state index contributed by atoms with van der Waals surface area (Å²) < 4.78 is 31.4. The molecule has 1 aromatic heterocycles. The number of nitrogens with zero attached hydrogens (tertiary/aromatic N) is 2. The Bertz CT molecular complexity index is 902. The van der Waals surface area contributed by atoms with E-state index in [0.717, 1.165) is 30.8 Å². The van der Waals surface area contributed by atoms with Crippen molar-refractivity contribution in [1.82, 2.24) is 9.47 Å². The van der Waals surface area contributed by atoms with Gasteiger partial charge in [0.1, 0.15) is 11.6 Å². The smallest absolute Gasteiger partial charge is 0.131 e. The quantitative estimate of drug-likeness (QED) is 0.596. The number of benzene rings is 2. The highest BCUT2D eigenvalue weighted by atomic mass is 35.5. The van der Waals surface area contributed by atoms with E-state index in [2.05, 4.69) is 9.47 Å². The zero-order chi connectivity index (χ0) is 18.1. The van der Waals surface area contributed by atoms with Gasteiger partial charge < -0.3 is 4.57 Å². The molecule has 0 N–H and O–H groups in total. The van der Waals surface area contributed by atoms with Gasteiger partial charge in [-0.2, -0.15) is 0 Å². The Kier molecular flexibility index (Phi) is 4.79. The average Bonchev–Trinajstić information content (AvgIpc) is 3.01. The first kappa shape index (κ1) is 17.3. The van der Waals surface area contributed by atoms with Gasteiger partial charge in [0.15, 0.2) is 0 Å². The van der Waals surface area contributed by atoms with Gasteiger partial charge in [-0.15, -0.1) is 0 Å². The summed E-state index contributed by atoms with van der Waals surface area (Å²) >= 11 is 6.34. The van der Waals surface area contributed by atoms with Crippen molar-refractivity contribution in [2.24, 2.45) is 0 Å². The van der Waals surface area contributed by atoms with Crippen LogP contribution in [0.3, 0.4) is 0 Å². The third kappa shape index (κ3) is 3.15. The van der Waals surface area contributed by atoms with Crippen molar-refractivity contribution >= 4 is 11.6 Å². The predicted octanol–water partition coefficient (Wildman–Crippen LogP) is 5.42. The molecule has 1 atom stereocenters. The van der Waals surface area contributed by atoms with E-state index in [1.54, 1.807) is 0 Å². The molecule has 5 heteroatoms. The van der Waals surface area contributed by atoms with Gasteiger partial charge >= 0.3 is 0 Å². The number of hydrogen-bond donors (Lipinski definition) is 0. The third-order valence-electron chi connectivity index (χ3n) is 4.96. The molecule has 3 aromatic rings. The molecule has 0 aliphatic carbocycles. The van der Waals surface area contributed by atoms with Crippen LogP contribution in [0, 0.1) is 11.6 Å². The van der Waals surface area contributed by atoms with Gasteiger partial charge in [-0.25, -0.2) is 8.78 Å². The summed E-state index contributed by atoms with van der Waals surface area (Å²) in [7, 11) is 0. The molecule has 2 aromatic carbocycles. The van der Waals surface area contributed by atoms with Gasteiger partial charge in [0.05, 0.1) is 6.04 Å². The molecule has 26 heavy (non-hydrogen) atoms. The minimum absolute atomic E-state index is 0.0985. The van der Waals surface area contributed by atoms with Crippen LogP contribution in [0.1, 0.15) is 29.3 Å². The maximum absolute atomic E-state index is 14.7. The van der Waals surface area contributed by atoms with Crippen LogP contribution in [0.15, 0.2) is 60.8 Å². The summed E-state index contributed by atoms with van der Waals surface area (Å²) in [5.41, 5.74) is 1.95. The highest BCUT2D eigenvalue weighted by Crippen LogP contribution is 2.36. The van der Waals surface area contributed by atoms with Gasteiger partial charge in [-0.3, -0.25) is 4.90 Å². The minimum Gasteiger partial charge on any atom is -0.350 e. The number of aromatic nitrogens is 1. The van der Waals surface area contributed by atoms with Crippen molar-refractivity contribution in [2.75, 3.05) is 6.54 Å². The maximum atomic E-state index is 14.7. The van der Waals surface area contributed by atoms with Crippen LogP contribution >= 0.6 is 11.6 Å². The maximum Gasteiger partial charge on any atom is 0.131 e. The monoisotopic (exact) mass is 372 g/mol. The fourth-order valence-electron chi connectivity index (χ4n) is 3.76. The van der Waals surface area contributed by atoms with E-state index < -0.39 is 17.7 Å². The summed E-state index contributed by atoms with van der Waals surface area (Å²) in [6.45, 7) is 2.09. The Hall–Kier alpha value is -2.17. The molecule has 0 bridgehead atoms. The number of hydrogen-bond acceptors (Lipinski definition) is 1. The number of fused-ring (bicyclic) bond motifs is 1. The number of aryl methyl sites for hydroxylation is 1. The van der Waals surface area contributed by atoms with Crippen molar-refractivity contribution in [1.29, 1.82) is 0 Å². The zero-order valence-electron chi connectivity index (χ0n) is 14.2. The van der Waals surface area contributed by atoms with Crippen molar-refractivity contribution in [3.8, 4) is 0 Å². The van der Waals surface area contributed by atoms with Crippen LogP contribution < -0.4 is 0 Å². The minimum atomic E-state index is -0.520. The van der Waals surface area contributed by atoms with E-state index in [1.165, 1.54) is 18.2 Å². The Balaban J connectivity index is 1.82. The topological polar surface area (TPSA) is 8.17 Å². The van der Waals surface area contributed by atoms with Crippen molar-refractivity contribution in [3.05, 3.63) is 94.3 Å². The van der Waals surface area contributed by atoms with E-state index in [1.807, 2.05) is 42.6 Å². The molecule has 2 nitrogen and oxygen atoms in total. The lowest BCUT2D eigenvalue weighted by Crippen LogP contribution is -2.31. The molecule has 1 aliphatic rings. The highest BCUT2D eigenvalue weighted by Gasteiger charge is 2.31. The van der Waals surface area contributed by atoms with E-state index in [-0.39, 0.29) is 5.56 Å². The normalized spacial score (nSPS) is 17.7. The molecule has 4 rings (SSSR count). The van der Waals surface area contributed by atoms with Crippen LogP contribution in [-0.2, 0) is 13.1 Å². The largest absolute Gasteiger partial charge is 0.350 e. The van der Waals surface area contributed by atoms with Crippen LogP contribution in [-0.4, -0.2) is 16.0 Å². The SMILES string of the molecule is Fc1cccc(F)c1C1c2cccn2CCCN1Cc1ccccc1Cl. The van der Waals surface area contributed by atoms with Gasteiger partial charge in [-0.1, -0.05) is 35.9 Å². The molecule has 1 unspecified atom stereocenters. The Morgan fingerprint density at radius 2 is 1.69 bits per heavy atom. The lowest BCUT2D eigenvalue weighted by Gasteiger charge is -2.31. The first-order valence-electron chi connectivity index (χ1n) is 8.71. The molecule has 0 radical (unpaired) electrons. The summed E-state index contributed by atoms with van der Waals surface area (Å²) in [5, 5.41) is 0.667. The summed E-state index contributed by atoms with van der Waals surface area (Å²) in [6.07, 6.45) is 2.87. The molecular weight excluding hydrogens is 354 g/mol. The van der Waals surface area contributed by atoms with Crippen LogP contribution in [0.2, 0.25) is 5.02 Å². The molecule has 0 fully saturated rings. The van der Waals surface area contributed by atoms with Gasteiger partial charge in [-0.05, 0) is 42.3 Å². The van der Waals surface area contributed by atoms with E-state index in [4.69, 9.17) is 11.6 Å². The molecule has 0 saturated carbocycles.